The number of amides is 2. The van der Waals surface area contributed by atoms with Gasteiger partial charge in [0, 0.05) is 6.54 Å². The SMILES string of the molecule is C#CC(CC)NC(=O)NCc1ccccc1CC(=O)O. The molecular weight excluding hydrogens is 256 g/mol. The lowest BCUT2D eigenvalue weighted by Crippen LogP contribution is -2.41. The average molecular weight is 274 g/mol. The van der Waals surface area contributed by atoms with E-state index in [4.69, 9.17) is 11.5 Å². The van der Waals surface area contributed by atoms with Gasteiger partial charge in [0.25, 0.3) is 0 Å². The zero-order valence-electron chi connectivity index (χ0n) is 11.3. The number of terminal acetylenes is 1. The van der Waals surface area contributed by atoms with Gasteiger partial charge in [-0.2, -0.15) is 0 Å². The minimum atomic E-state index is -0.903. The van der Waals surface area contributed by atoms with Gasteiger partial charge in [0.05, 0.1) is 12.5 Å². The number of nitrogens with one attached hydrogen (secondary N) is 2. The number of carbonyl (C=O) groups is 2. The summed E-state index contributed by atoms with van der Waals surface area (Å²) in [5.41, 5.74) is 1.46. The fourth-order valence-electron chi connectivity index (χ4n) is 1.71. The number of rotatable bonds is 6. The highest BCUT2D eigenvalue weighted by Gasteiger charge is 2.09. The lowest BCUT2D eigenvalue weighted by molar-refractivity contribution is -0.136. The van der Waals surface area contributed by atoms with Gasteiger partial charge in [-0.05, 0) is 17.5 Å². The molecular formula is C15H18N2O3. The highest BCUT2D eigenvalue weighted by atomic mass is 16.4. The summed E-state index contributed by atoms with van der Waals surface area (Å²) >= 11 is 0. The Morgan fingerprint density at radius 1 is 1.35 bits per heavy atom. The molecule has 0 radical (unpaired) electrons. The van der Waals surface area contributed by atoms with E-state index < -0.39 is 5.97 Å². The van der Waals surface area contributed by atoms with Crippen LogP contribution in [-0.4, -0.2) is 23.1 Å². The summed E-state index contributed by atoms with van der Waals surface area (Å²) in [4.78, 5) is 22.4. The average Bonchev–Trinajstić information content (AvgIpc) is 2.43. The number of benzene rings is 1. The highest BCUT2D eigenvalue weighted by Crippen LogP contribution is 2.09. The first-order valence-corrected chi connectivity index (χ1v) is 6.35. The Kier molecular flexibility index (Phi) is 6.11. The van der Waals surface area contributed by atoms with Crippen molar-refractivity contribution < 1.29 is 14.7 Å². The normalized spacial score (nSPS) is 11.2. The maximum Gasteiger partial charge on any atom is 0.316 e. The summed E-state index contributed by atoms with van der Waals surface area (Å²) in [6, 6.07) is 6.43. The van der Waals surface area contributed by atoms with Crippen molar-refractivity contribution in [2.45, 2.75) is 32.4 Å². The van der Waals surface area contributed by atoms with E-state index in [2.05, 4.69) is 16.6 Å². The topological polar surface area (TPSA) is 78.4 Å². The van der Waals surface area contributed by atoms with Crippen LogP contribution >= 0.6 is 0 Å². The van der Waals surface area contributed by atoms with Crippen LogP contribution in [0.1, 0.15) is 24.5 Å². The Hall–Kier alpha value is -2.48. The molecule has 0 aliphatic rings. The van der Waals surface area contributed by atoms with Gasteiger partial charge >= 0.3 is 12.0 Å². The zero-order valence-corrected chi connectivity index (χ0v) is 11.3. The maximum absolute atomic E-state index is 11.6. The Morgan fingerprint density at radius 3 is 2.55 bits per heavy atom. The van der Waals surface area contributed by atoms with Crippen LogP contribution in [-0.2, 0) is 17.8 Å². The third-order valence-corrected chi connectivity index (χ3v) is 2.81. The molecule has 0 fully saturated rings. The second-order valence-corrected chi connectivity index (χ2v) is 4.29. The van der Waals surface area contributed by atoms with Gasteiger partial charge in [-0.1, -0.05) is 37.1 Å². The van der Waals surface area contributed by atoms with Crippen LogP contribution in [0.2, 0.25) is 0 Å². The summed E-state index contributed by atoms with van der Waals surface area (Å²) in [6.07, 6.45) is 5.84. The number of carboxylic acid groups (broad SMARTS) is 1. The molecule has 0 aromatic heterocycles. The third-order valence-electron chi connectivity index (χ3n) is 2.81. The van der Waals surface area contributed by atoms with Crippen LogP contribution in [0.3, 0.4) is 0 Å². The van der Waals surface area contributed by atoms with Crippen LogP contribution in [0.15, 0.2) is 24.3 Å². The van der Waals surface area contributed by atoms with Gasteiger partial charge in [0.2, 0.25) is 0 Å². The minimum absolute atomic E-state index is 0.0680. The smallest absolute Gasteiger partial charge is 0.316 e. The first-order chi connectivity index (χ1) is 9.56. The Labute approximate surface area is 118 Å². The molecule has 5 heteroatoms. The first-order valence-electron chi connectivity index (χ1n) is 6.35. The second-order valence-electron chi connectivity index (χ2n) is 4.29. The van der Waals surface area contributed by atoms with Crippen LogP contribution in [0.25, 0.3) is 0 Å². The van der Waals surface area contributed by atoms with Crippen LogP contribution in [0.4, 0.5) is 4.79 Å². The summed E-state index contributed by atoms with van der Waals surface area (Å²) in [5.74, 6) is 1.57. The molecule has 0 aliphatic carbocycles. The predicted molar refractivity (Wildman–Crippen MR) is 76.1 cm³/mol. The van der Waals surface area contributed by atoms with Crippen molar-refractivity contribution in [2.75, 3.05) is 0 Å². The highest BCUT2D eigenvalue weighted by molar-refractivity contribution is 5.75. The number of hydrogen-bond acceptors (Lipinski definition) is 2. The van der Waals surface area contributed by atoms with Gasteiger partial charge in [0.1, 0.15) is 0 Å². The summed E-state index contributed by atoms with van der Waals surface area (Å²) in [7, 11) is 0. The summed E-state index contributed by atoms with van der Waals surface area (Å²) in [6.45, 7) is 2.14. The predicted octanol–water partition coefficient (Wildman–Crippen LogP) is 1.52. The van der Waals surface area contributed by atoms with E-state index in [1.165, 1.54) is 0 Å². The van der Waals surface area contributed by atoms with E-state index in [1.54, 1.807) is 24.3 Å². The van der Waals surface area contributed by atoms with E-state index in [0.29, 0.717) is 12.0 Å². The molecule has 0 bridgehead atoms. The van der Waals surface area contributed by atoms with Crippen LogP contribution in [0, 0.1) is 12.3 Å². The molecule has 3 N–H and O–H groups in total. The van der Waals surface area contributed by atoms with Gasteiger partial charge in [-0.3, -0.25) is 4.79 Å². The number of aliphatic carboxylic acids is 1. The number of urea groups is 1. The fraction of sp³-hybridized carbons (Fsp3) is 0.333. The zero-order chi connectivity index (χ0) is 15.0. The molecule has 1 rings (SSSR count). The van der Waals surface area contributed by atoms with E-state index in [9.17, 15) is 9.59 Å². The molecule has 0 spiro atoms. The van der Waals surface area contributed by atoms with E-state index >= 15 is 0 Å². The van der Waals surface area contributed by atoms with Crippen LogP contribution < -0.4 is 10.6 Å². The number of carbonyl (C=O) groups excluding carboxylic acids is 1. The van der Waals surface area contributed by atoms with Gasteiger partial charge < -0.3 is 15.7 Å². The molecule has 1 unspecified atom stereocenters. The molecule has 0 aliphatic heterocycles. The Balaban J connectivity index is 2.59. The molecule has 5 nitrogen and oxygen atoms in total. The standard InChI is InChI=1S/C15H18N2O3/c1-3-13(4-2)17-15(20)16-10-12-8-6-5-7-11(12)9-14(18)19/h1,5-8,13H,4,9-10H2,2H3,(H,18,19)(H2,16,17,20). The third kappa shape index (κ3) is 5.02. The van der Waals surface area contributed by atoms with Crippen molar-refractivity contribution in [1.82, 2.24) is 10.6 Å². The first kappa shape index (κ1) is 15.6. The molecule has 0 saturated heterocycles. The summed E-state index contributed by atoms with van der Waals surface area (Å²) in [5, 5.41) is 14.1. The van der Waals surface area contributed by atoms with Crippen LogP contribution in [0.5, 0.6) is 0 Å². The minimum Gasteiger partial charge on any atom is -0.481 e. The molecule has 0 heterocycles. The maximum atomic E-state index is 11.6. The lowest BCUT2D eigenvalue weighted by atomic mass is 10.0. The van der Waals surface area contributed by atoms with E-state index in [0.717, 1.165) is 5.56 Å². The quantitative estimate of drug-likeness (QED) is 0.688. The second kappa shape index (κ2) is 7.85. The van der Waals surface area contributed by atoms with Crippen molar-refractivity contribution in [2.24, 2.45) is 0 Å². The van der Waals surface area contributed by atoms with E-state index in [1.807, 2.05) is 6.92 Å². The monoisotopic (exact) mass is 274 g/mol. The van der Waals surface area contributed by atoms with Crippen molar-refractivity contribution in [3.8, 4) is 12.3 Å². The molecule has 1 atom stereocenters. The lowest BCUT2D eigenvalue weighted by Gasteiger charge is -2.13. The van der Waals surface area contributed by atoms with Gasteiger partial charge in [0.15, 0.2) is 0 Å². The molecule has 2 amide bonds. The Bertz CT molecular complexity index is 520. The van der Waals surface area contributed by atoms with Gasteiger partial charge in [-0.25, -0.2) is 4.79 Å². The van der Waals surface area contributed by atoms with Gasteiger partial charge in [-0.15, -0.1) is 6.42 Å². The molecule has 106 valence electrons. The molecule has 1 aromatic rings. The van der Waals surface area contributed by atoms with Crippen molar-refractivity contribution in [3.63, 3.8) is 0 Å². The Morgan fingerprint density at radius 2 is 2.00 bits per heavy atom. The van der Waals surface area contributed by atoms with Crippen molar-refractivity contribution >= 4 is 12.0 Å². The summed E-state index contributed by atoms with van der Waals surface area (Å²) < 4.78 is 0. The molecule has 0 saturated carbocycles. The number of carboxylic acids is 1. The van der Waals surface area contributed by atoms with E-state index in [-0.39, 0.29) is 25.0 Å². The molecule has 20 heavy (non-hydrogen) atoms. The fourth-order valence-corrected chi connectivity index (χ4v) is 1.71. The molecule has 1 aromatic carbocycles. The number of hydrogen-bond donors (Lipinski definition) is 3. The van der Waals surface area contributed by atoms with Crippen molar-refractivity contribution in [1.29, 1.82) is 0 Å². The van der Waals surface area contributed by atoms with Crippen molar-refractivity contribution in [3.05, 3.63) is 35.4 Å². The largest absolute Gasteiger partial charge is 0.481 e.